The standard InChI is InChI=1S/C18H18N2O4S/c1-12-4-5-14(17-7-6-15(23-3)10-19-17)9-18(12)20-25(21,22)16-8-13(2)24-11-16/h4-11,20H,1-3H3. The highest BCUT2D eigenvalue weighted by atomic mass is 32.2. The highest BCUT2D eigenvalue weighted by Gasteiger charge is 2.18. The quantitative estimate of drug-likeness (QED) is 0.751. The monoisotopic (exact) mass is 358 g/mol. The number of ether oxygens (including phenoxy) is 1. The van der Waals surface area contributed by atoms with Gasteiger partial charge in [0, 0.05) is 5.56 Å². The molecule has 1 aromatic carbocycles. The molecular weight excluding hydrogens is 340 g/mol. The average molecular weight is 358 g/mol. The summed E-state index contributed by atoms with van der Waals surface area (Å²) < 4.78 is 37.8. The normalized spacial score (nSPS) is 11.3. The van der Waals surface area contributed by atoms with Crippen molar-refractivity contribution in [1.29, 1.82) is 0 Å². The summed E-state index contributed by atoms with van der Waals surface area (Å²) in [6, 6.07) is 10.6. The molecule has 0 aliphatic heterocycles. The van der Waals surface area contributed by atoms with Gasteiger partial charge in [-0.25, -0.2) is 8.42 Å². The van der Waals surface area contributed by atoms with Crippen molar-refractivity contribution in [1.82, 2.24) is 4.98 Å². The zero-order valence-electron chi connectivity index (χ0n) is 14.1. The van der Waals surface area contributed by atoms with Gasteiger partial charge in [0.1, 0.15) is 22.7 Å². The lowest BCUT2D eigenvalue weighted by Gasteiger charge is -2.11. The highest BCUT2D eigenvalue weighted by Crippen LogP contribution is 2.27. The van der Waals surface area contributed by atoms with Gasteiger partial charge in [0.2, 0.25) is 0 Å². The van der Waals surface area contributed by atoms with Crippen molar-refractivity contribution in [3.05, 3.63) is 60.2 Å². The van der Waals surface area contributed by atoms with Gasteiger partial charge in [0.05, 0.1) is 24.7 Å². The summed E-state index contributed by atoms with van der Waals surface area (Å²) in [5.74, 6) is 1.19. The first-order valence-corrected chi connectivity index (χ1v) is 9.06. The SMILES string of the molecule is COc1ccc(-c2ccc(C)c(NS(=O)(=O)c3coc(C)c3)c2)nc1. The number of aryl methyl sites for hydroxylation is 2. The van der Waals surface area contributed by atoms with Crippen LogP contribution in [0, 0.1) is 13.8 Å². The average Bonchev–Trinajstić information content (AvgIpc) is 3.04. The number of aromatic nitrogens is 1. The van der Waals surface area contributed by atoms with E-state index >= 15 is 0 Å². The van der Waals surface area contributed by atoms with Gasteiger partial charge < -0.3 is 9.15 Å². The number of anilines is 1. The Morgan fingerprint density at radius 3 is 2.52 bits per heavy atom. The minimum Gasteiger partial charge on any atom is -0.495 e. The van der Waals surface area contributed by atoms with Crippen LogP contribution in [-0.4, -0.2) is 20.5 Å². The Morgan fingerprint density at radius 1 is 1.12 bits per heavy atom. The van der Waals surface area contributed by atoms with Crippen molar-refractivity contribution >= 4 is 15.7 Å². The van der Waals surface area contributed by atoms with Gasteiger partial charge in [0.25, 0.3) is 10.0 Å². The molecule has 0 atom stereocenters. The summed E-state index contributed by atoms with van der Waals surface area (Å²) in [5, 5.41) is 0. The number of sulfonamides is 1. The first-order chi connectivity index (χ1) is 11.9. The first kappa shape index (κ1) is 17.0. The summed E-state index contributed by atoms with van der Waals surface area (Å²) in [6.45, 7) is 3.53. The lowest BCUT2D eigenvalue weighted by Crippen LogP contribution is -2.13. The van der Waals surface area contributed by atoms with E-state index in [0.717, 1.165) is 16.8 Å². The summed E-state index contributed by atoms with van der Waals surface area (Å²) in [7, 11) is -2.13. The molecular formula is C18H18N2O4S. The van der Waals surface area contributed by atoms with E-state index in [4.69, 9.17) is 9.15 Å². The summed E-state index contributed by atoms with van der Waals surface area (Å²) in [5.41, 5.74) is 2.82. The van der Waals surface area contributed by atoms with Crippen molar-refractivity contribution in [3.8, 4) is 17.0 Å². The molecule has 0 radical (unpaired) electrons. The molecule has 0 amide bonds. The highest BCUT2D eigenvalue weighted by molar-refractivity contribution is 7.92. The van der Waals surface area contributed by atoms with E-state index in [9.17, 15) is 8.42 Å². The fourth-order valence-corrected chi connectivity index (χ4v) is 3.45. The van der Waals surface area contributed by atoms with E-state index in [1.807, 2.05) is 25.1 Å². The van der Waals surface area contributed by atoms with Crippen LogP contribution in [0.1, 0.15) is 11.3 Å². The van der Waals surface area contributed by atoms with Crippen LogP contribution in [0.2, 0.25) is 0 Å². The molecule has 0 unspecified atom stereocenters. The zero-order chi connectivity index (χ0) is 18.0. The summed E-state index contributed by atoms with van der Waals surface area (Å²) in [6.07, 6.45) is 2.84. The van der Waals surface area contributed by atoms with Gasteiger partial charge in [-0.15, -0.1) is 0 Å². The number of nitrogens with one attached hydrogen (secondary N) is 1. The van der Waals surface area contributed by atoms with Crippen LogP contribution in [-0.2, 0) is 10.0 Å². The molecule has 2 heterocycles. The maximum Gasteiger partial charge on any atom is 0.265 e. The number of hydrogen-bond donors (Lipinski definition) is 1. The molecule has 130 valence electrons. The van der Waals surface area contributed by atoms with E-state index in [1.54, 1.807) is 32.4 Å². The van der Waals surface area contributed by atoms with Crippen molar-refractivity contribution in [2.75, 3.05) is 11.8 Å². The van der Waals surface area contributed by atoms with E-state index in [2.05, 4.69) is 9.71 Å². The molecule has 6 nitrogen and oxygen atoms in total. The number of methoxy groups -OCH3 is 1. The van der Waals surface area contributed by atoms with Crippen molar-refractivity contribution in [2.45, 2.75) is 18.7 Å². The van der Waals surface area contributed by atoms with Crippen LogP contribution in [0.4, 0.5) is 5.69 Å². The van der Waals surface area contributed by atoms with Crippen LogP contribution >= 0.6 is 0 Å². The molecule has 1 N–H and O–H groups in total. The fraction of sp³-hybridized carbons (Fsp3) is 0.167. The Morgan fingerprint density at radius 2 is 1.92 bits per heavy atom. The lowest BCUT2D eigenvalue weighted by atomic mass is 10.1. The van der Waals surface area contributed by atoms with Gasteiger partial charge in [-0.1, -0.05) is 12.1 Å². The van der Waals surface area contributed by atoms with Crippen molar-refractivity contribution in [2.24, 2.45) is 0 Å². The van der Waals surface area contributed by atoms with Crippen molar-refractivity contribution in [3.63, 3.8) is 0 Å². The van der Waals surface area contributed by atoms with E-state index in [1.165, 1.54) is 12.3 Å². The molecule has 0 saturated heterocycles. The molecule has 3 aromatic rings. The predicted molar refractivity (Wildman–Crippen MR) is 95.2 cm³/mol. The smallest absolute Gasteiger partial charge is 0.265 e. The van der Waals surface area contributed by atoms with Crippen molar-refractivity contribution < 1.29 is 17.6 Å². The van der Waals surface area contributed by atoms with Crippen LogP contribution in [0.3, 0.4) is 0 Å². The Labute approximate surface area is 146 Å². The van der Waals surface area contributed by atoms with Crippen LogP contribution < -0.4 is 9.46 Å². The van der Waals surface area contributed by atoms with E-state index in [-0.39, 0.29) is 4.90 Å². The van der Waals surface area contributed by atoms with Crippen LogP contribution in [0.15, 0.2) is 58.2 Å². The third kappa shape index (κ3) is 3.66. The van der Waals surface area contributed by atoms with Gasteiger partial charge in [0.15, 0.2) is 0 Å². The maximum atomic E-state index is 12.5. The molecule has 0 fully saturated rings. The number of nitrogens with zero attached hydrogens (tertiary/aromatic N) is 1. The predicted octanol–water partition coefficient (Wildman–Crippen LogP) is 3.77. The Bertz CT molecular complexity index is 992. The van der Waals surface area contributed by atoms with Crippen LogP contribution in [0.25, 0.3) is 11.3 Å². The second-order valence-corrected chi connectivity index (χ2v) is 7.29. The van der Waals surface area contributed by atoms with E-state index in [0.29, 0.717) is 17.2 Å². The minimum absolute atomic E-state index is 0.0948. The maximum absolute atomic E-state index is 12.5. The third-order valence-electron chi connectivity index (χ3n) is 3.77. The Hall–Kier alpha value is -2.80. The first-order valence-electron chi connectivity index (χ1n) is 7.58. The molecule has 2 aromatic heterocycles. The third-order valence-corrected chi connectivity index (χ3v) is 5.09. The molecule has 25 heavy (non-hydrogen) atoms. The number of pyridine rings is 1. The molecule has 7 heteroatoms. The summed E-state index contributed by atoms with van der Waals surface area (Å²) in [4.78, 5) is 4.43. The molecule has 0 bridgehead atoms. The zero-order valence-corrected chi connectivity index (χ0v) is 14.9. The largest absolute Gasteiger partial charge is 0.495 e. The summed E-state index contributed by atoms with van der Waals surface area (Å²) >= 11 is 0. The fourth-order valence-electron chi connectivity index (χ4n) is 2.33. The van der Waals surface area contributed by atoms with E-state index < -0.39 is 10.0 Å². The lowest BCUT2D eigenvalue weighted by molar-refractivity contribution is 0.413. The van der Waals surface area contributed by atoms with Gasteiger partial charge in [-0.05, 0) is 43.7 Å². The number of hydrogen-bond acceptors (Lipinski definition) is 5. The molecule has 0 aliphatic rings. The minimum atomic E-state index is -3.71. The second kappa shape index (κ2) is 6.60. The Balaban J connectivity index is 1.94. The molecule has 0 saturated carbocycles. The van der Waals surface area contributed by atoms with Gasteiger partial charge in [-0.3, -0.25) is 9.71 Å². The Kier molecular flexibility index (Phi) is 4.50. The topological polar surface area (TPSA) is 81.4 Å². The molecule has 0 aliphatic carbocycles. The molecule has 0 spiro atoms. The number of benzene rings is 1. The number of furan rings is 1. The van der Waals surface area contributed by atoms with Crippen LogP contribution in [0.5, 0.6) is 5.75 Å². The number of rotatable bonds is 5. The van der Waals surface area contributed by atoms with Gasteiger partial charge in [-0.2, -0.15) is 0 Å². The second-order valence-electron chi connectivity index (χ2n) is 5.61. The van der Waals surface area contributed by atoms with Gasteiger partial charge >= 0.3 is 0 Å². The molecule has 3 rings (SSSR count).